The number of benzene rings is 1. The van der Waals surface area contributed by atoms with E-state index in [1.807, 2.05) is 0 Å². The predicted octanol–water partition coefficient (Wildman–Crippen LogP) is 2.16. The van der Waals surface area contributed by atoms with E-state index in [4.69, 9.17) is 16.3 Å². The SMILES string of the molecule is CN(CC1CNCCO1)C(=O)c1ccc(Br)c(Cl)c1. The molecule has 1 aliphatic rings. The average Bonchev–Trinajstić information content (AvgIpc) is 2.42. The van der Waals surface area contributed by atoms with E-state index < -0.39 is 0 Å². The van der Waals surface area contributed by atoms with E-state index >= 15 is 0 Å². The number of carbonyl (C=O) groups is 1. The van der Waals surface area contributed by atoms with Gasteiger partial charge in [0.05, 0.1) is 17.7 Å². The van der Waals surface area contributed by atoms with Gasteiger partial charge in [-0.1, -0.05) is 11.6 Å². The first-order chi connectivity index (χ1) is 9.08. The van der Waals surface area contributed by atoms with Crippen LogP contribution in [-0.2, 0) is 4.74 Å². The minimum atomic E-state index is -0.0522. The molecule has 1 aromatic rings. The second-order valence-electron chi connectivity index (χ2n) is 4.51. The molecule has 19 heavy (non-hydrogen) atoms. The van der Waals surface area contributed by atoms with Crippen LogP contribution in [0.2, 0.25) is 5.02 Å². The summed E-state index contributed by atoms with van der Waals surface area (Å²) in [5.74, 6) is -0.0522. The molecule has 0 radical (unpaired) electrons. The van der Waals surface area contributed by atoms with E-state index in [1.165, 1.54) is 0 Å². The van der Waals surface area contributed by atoms with Crippen LogP contribution < -0.4 is 5.32 Å². The molecular weight excluding hydrogens is 332 g/mol. The number of halogens is 2. The second kappa shape index (κ2) is 6.70. The highest BCUT2D eigenvalue weighted by atomic mass is 79.9. The lowest BCUT2D eigenvalue weighted by Gasteiger charge is -2.28. The molecule has 1 fully saturated rings. The molecule has 1 saturated heterocycles. The number of rotatable bonds is 3. The highest BCUT2D eigenvalue weighted by Crippen LogP contribution is 2.23. The van der Waals surface area contributed by atoms with Crippen LogP contribution >= 0.6 is 27.5 Å². The molecule has 0 aliphatic carbocycles. The zero-order chi connectivity index (χ0) is 13.8. The summed E-state index contributed by atoms with van der Waals surface area (Å²) in [6.07, 6.45) is 0.0496. The standard InChI is InChI=1S/C13H16BrClN2O2/c1-17(8-10-7-16-4-5-19-10)13(18)9-2-3-11(14)12(15)6-9/h2-3,6,10,16H,4-5,7-8H2,1H3. The normalized spacial score (nSPS) is 19.2. The molecule has 1 heterocycles. The number of morpholine rings is 1. The number of hydrogen-bond donors (Lipinski definition) is 1. The van der Waals surface area contributed by atoms with Gasteiger partial charge in [0.15, 0.2) is 0 Å². The molecule has 0 bridgehead atoms. The molecule has 0 saturated carbocycles. The molecule has 1 unspecified atom stereocenters. The summed E-state index contributed by atoms with van der Waals surface area (Å²) < 4.78 is 6.37. The lowest BCUT2D eigenvalue weighted by molar-refractivity contribution is 0.0104. The number of nitrogens with zero attached hydrogens (tertiary/aromatic N) is 1. The second-order valence-corrected chi connectivity index (χ2v) is 5.77. The molecule has 0 aromatic heterocycles. The largest absolute Gasteiger partial charge is 0.374 e. The van der Waals surface area contributed by atoms with Crippen molar-refractivity contribution in [2.75, 3.05) is 33.3 Å². The maximum Gasteiger partial charge on any atom is 0.253 e. The van der Waals surface area contributed by atoms with Crippen LogP contribution in [0.3, 0.4) is 0 Å². The third-order valence-corrected chi connectivity index (χ3v) is 4.23. The van der Waals surface area contributed by atoms with Crippen LogP contribution in [-0.4, -0.2) is 50.2 Å². The third-order valence-electron chi connectivity index (χ3n) is 3.00. The summed E-state index contributed by atoms with van der Waals surface area (Å²) in [4.78, 5) is 13.9. The molecule has 6 heteroatoms. The van der Waals surface area contributed by atoms with Crippen molar-refractivity contribution >= 4 is 33.4 Å². The van der Waals surface area contributed by atoms with Crippen LogP contribution in [0.5, 0.6) is 0 Å². The van der Waals surface area contributed by atoms with Crippen molar-refractivity contribution in [2.24, 2.45) is 0 Å². The van der Waals surface area contributed by atoms with Crippen molar-refractivity contribution < 1.29 is 9.53 Å². The predicted molar refractivity (Wildman–Crippen MR) is 78.7 cm³/mol. The number of ether oxygens (including phenoxy) is 1. The van der Waals surface area contributed by atoms with Crippen LogP contribution in [0.15, 0.2) is 22.7 Å². The zero-order valence-electron chi connectivity index (χ0n) is 10.7. The van der Waals surface area contributed by atoms with Gasteiger partial charge in [-0.05, 0) is 34.1 Å². The highest BCUT2D eigenvalue weighted by molar-refractivity contribution is 9.10. The number of likely N-dealkylation sites (N-methyl/N-ethyl adjacent to an activating group) is 1. The number of hydrogen-bond acceptors (Lipinski definition) is 3. The zero-order valence-corrected chi connectivity index (χ0v) is 13.0. The summed E-state index contributed by atoms with van der Waals surface area (Å²) in [6, 6.07) is 5.21. The molecule has 2 rings (SSSR count). The Morgan fingerprint density at radius 2 is 2.42 bits per heavy atom. The lowest BCUT2D eigenvalue weighted by atomic mass is 10.2. The van der Waals surface area contributed by atoms with Gasteiger partial charge in [-0.25, -0.2) is 0 Å². The first kappa shape index (κ1) is 14.8. The molecular formula is C13H16BrClN2O2. The van der Waals surface area contributed by atoms with E-state index in [-0.39, 0.29) is 12.0 Å². The summed E-state index contributed by atoms with van der Waals surface area (Å²) >= 11 is 9.31. The van der Waals surface area contributed by atoms with Crippen LogP contribution in [0.1, 0.15) is 10.4 Å². The van der Waals surface area contributed by atoms with E-state index in [0.29, 0.717) is 23.7 Å². The van der Waals surface area contributed by atoms with Gasteiger partial charge in [-0.3, -0.25) is 4.79 Å². The Morgan fingerprint density at radius 1 is 1.63 bits per heavy atom. The van der Waals surface area contributed by atoms with Gasteiger partial charge >= 0.3 is 0 Å². The van der Waals surface area contributed by atoms with Crippen molar-refractivity contribution in [3.63, 3.8) is 0 Å². The molecule has 104 valence electrons. The third kappa shape index (κ3) is 3.92. The Labute approximate surface area is 126 Å². The fourth-order valence-corrected chi connectivity index (χ4v) is 2.40. The first-order valence-electron chi connectivity index (χ1n) is 6.11. The molecule has 4 nitrogen and oxygen atoms in total. The number of carbonyl (C=O) groups excluding carboxylic acids is 1. The van der Waals surface area contributed by atoms with Gasteiger partial charge in [0, 0.05) is 36.7 Å². The molecule has 1 atom stereocenters. The van der Waals surface area contributed by atoms with E-state index in [1.54, 1.807) is 30.1 Å². The van der Waals surface area contributed by atoms with Gasteiger partial charge in [0.25, 0.3) is 5.91 Å². The maximum atomic E-state index is 12.3. The fraction of sp³-hybridized carbons (Fsp3) is 0.462. The summed E-state index contributed by atoms with van der Waals surface area (Å²) in [5, 5.41) is 3.78. The van der Waals surface area contributed by atoms with Crippen molar-refractivity contribution in [3.05, 3.63) is 33.3 Å². The van der Waals surface area contributed by atoms with Crippen molar-refractivity contribution in [2.45, 2.75) is 6.10 Å². The topological polar surface area (TPSA) is 41.6 Å². The van der Waals surface area contributed by atoms with Crippen LogP contribution in [0.25, 0.3) is 0 Å². The minimum Gasteiger partial charge on any atom is -0.374 e. The Balaban J connectivity index is 1.99. The van der Waals surface area contributed by atoms with E-state index in [2.05, 4.69) is 21.2 Å². The van der Waals surface area contributed by atoms with Gasteiger partial charge in [0.1, 0.15) is 0 Å². The number of amides is 1. The first-order valence-corrected chi connectivity index (χ1v) is 7.28. The van der Waals surface area contributed by atoms with Crippen molar-refractivity contribution in [1.29, 1.82) is 0 Å². The smallest absolute Gasteiger partial charge is 0.253 e. The van der Waals surface area contributed by atoms with Crippen molar-refractivity contribution in [3.8, 4) is 0 Å². The van der Waals surface area contributed by atoms with Crippen LogP contribution in [0, 0.1) is 0 Å². The summed E-state index contributed by atoms with van der Waals surface area (Å²) in [7, 11) is 1.77. The van der Waals surface area contributed by atoms with Crippen LogP contribution in [0.4, 0.5) is 0 Å². The Bertz CT molecular complexity index is 464. The maximum absolute atomic E-state index is 12.3. The number of nitrogens with one attached hydrogen (secondary N) is 1. The minimum absolute atomic E-state index is 0.0496. The molecule has 1 N–H and O–H groups in total. The van der Waals surface area contributed by atoms with Gasteiger partial charge in [-0.2, -0.15) is 0 Å². The summed E-state index contributed by atoms with van der Waals surface area (Å²) in [6.45, 7) is 2.91. The van der Waals surface area contributed by atoms with Gasteiger partial charge in [0.2, 0.25) is 0 Å². The Morgan fingerprint density at radius 3 is 3.05 bits per heavy atom. The monoisotopic (exact) mass is 346 g/mol. The average molecular weight is 348 g/mol. The quantitative estimate of drug-likeness (QED) is 0.911. The van der Waals surface area contributed by atoms with E-state index in [9.17, 15) is 4.79 Å². The molecule has 1 aromatic carbocycles. The van der Waals surface area contributed by atoms with Gasteiger partial charge in [-0.15, -0.1) is 0 Å². The lowest BCUT2D eigenvalue weighted by Crippen LogP contribution is -2.45. The molecule has 1 aliphatic heterocycles. The fourth-order valence-electron chi connectivity index (χ4n) is 1.97. The van der Waals surface area contributed by atoms with Gasteiger partial charge < -0.3 is 15.0 Å². The Hall–Kier alpha value is -0.620. The van der Waals surface area contributed by atoms with E-state index in [0.717, 1.165) is 17.6 Å². The Kier molecular flexibility index (Phi) is 5.21. The van der Waals surface area contributed by atoms with Crippen molar-refractivity contribution in [1.82, 2.24) is 10.2 Å². The molecule has 1 amide bonds. The highest BCUT2D eigenvalue weighted by Gasteiger charge is 2.19. The molecule has 0 spiro atoms. The summed E-state index contributed by atoms with van der Waals surface area (Å²) in [5.41, 5.74) is 0.583.